The zero-order valence-corrected chi connectivity index (χ0v) is 10.3. The topological polar surface area (TPSA) is 70.3 Å². The number of hydrogen-bond donors (Lipinski definition) is 1. The highest BCUT2D eigenvalue weighted by atomic mass is 16.5. The predicted octanol–water partition coefficient (Wildman–Crippen LogP) is 2.93. The Balaban J connectivity index is 2.48. The van der Waals surface area contributed by atoms with Gasteiger partial charge in [-0.3, -0.25) is 0 Å². The number of rotatable bonds is 3. The molecule has 0 heterocycles. The Morgan fingerprint density at radius 3 is 2.32 bits per heavy atom. The minimum atomic E-state index is -1.03. The molecule has 0 saturated heterocycles. The largest absolute Gasteiger partial charge is 0.496 e. The molecule has 0 fully saturated rings. The maximum Gasteiger partial charge on any atom is 0.339 e. The van der Waals surface area contributed by atoms with Crippen LogP contribution in [0.4, 0.5) is 0 Å². The fourth-order valence-corrected chi connectivity index (χ4v) is 1.79. The molecule has 0 unspecified atom stereocenters. The van der Waals surface area contributed by atoms with Gasteiger partial charge in [-0.2, -0.15) is 5.26 Å². The molecule has 0 aliphatic heterocycles. The van der Waals surface area contributed by atoms with E-state index < -0.39 is 5.97 Å². The Kier molecular flexibility index (Phi) is 3.48. The average molecular weight is 253 g/mol. The van der Waals surface area contributed by atoms with Crippen LogP contribution in [-0.4, -0.2) is 18.2 Å². The van der Waals surface area contributed by atoms with Gasteiger partial charge < -0.3 is 9.84 Å². The van der Waals surface area contributed by atoms with Gasteiger partial charge in [0.2, 0.25) is 0 Å². The van der Waals surface area contributed by atoms with Crippen molar-refractivity contribution in [2.24, 2.45) is 0 Å². The minimum Gasteiger partial charge on any atom is -0.496 e. The van der Waals surface area contributed by atoms with Crippen LogP contribution >= 0.6 is 0 Å². The van der Waals surface area contributed by atoms with Crippen molar-refractivity contribution in [2.75, 3.05) is 7.11 Å². The number of carbonyl (C=O) groups is 1. The summed E-state index contributed by atoms with van der Waals surface area (Å²) < 4.78 is 5.01. The number of hydrogen-bond acceptors (Lipinski definition) is 3. The lowest BCUT2D eigenvalue weighted by molar-refractivity contribution is 0.0693. The van der Waals surface area contributed by atoms with Crippen LogP contribution in [0.2, 0.25) is 0 Å². The van der Waals surface area contributed by atoms with Crippen molar-refractivity contribution < 1.29 is 14.6 Å². The van der Waals surface area contributed by atoms with Crippen molar-refractivity contribution >= 4 is 5.97 Å². The van der Waals surface area contributed by atoms with Gasteiger partial charge in [0.25, 0.3) is 0 Å². The molecule has 0 radical (unpaired) electrons. The van der Waals surface area contributed by atoms with Gasteiger partial charge in [0.1, 0.15) is 11.3 Å². The number of methoxy groups -OCH3 is 1. The quantitative estimate of drug-likeness (QED) is 0.912. The van der Waals surface area contributed by atoms with Crippen molar-refractivity contribution in [1.29, 1.82) is 5.26 Å². The first-order valence-corrected chi connectivity index (χ1v) is 5.57. The fraction of sp³-hybridized carbons (Fsp3) is 0.0667. The van der Waals surface area contributed by atoms with E-state index >= 15 is 0 Å². The molecule has 94 valence electrons. The highest BCUT2D eigenvalue weighted by molar-refractivity contribution is 5.92. The molecule has 2 aromatic carbocycles. The maximum absolute atomic E-state index is 11.1. The molecule has 2 aromatic rings. The number of ether oxygens (including phenoxy) is 1. The van der Waals surface area contributed by atoms with E-state index in [0.717, 1.165) is 11.1 Å². The van der Waals surface area contributed by atoms with Crippen LogP contribution in [-0.2, 0) is 0 Å². The summed E-state index contributed by atoms with van der Waals surface area (Å²) in [6, 6.07) is 14.0. The lowest BCUT2D eigenvalue weighted by Gasteiger charge is -2.08. The molecule has 0 amide bonds. The van der Waals surface area contributed by atoms with Crippen LogP contribution in [0, 0.1) is 11.3 Å². The summed E-state index contributed by atoms with van der Waals surface area (Å²) in [5.41, 5.74) is 2.30. The summed E-state index contributed by atoms with van der Waals surface area (Å²) in [7, 11) is 1.43. The zero-order chi connectivity index (χ0) is 13.8. The van der Waals surface area contributed by atoms with Gasteiger partial charge in [-0.05, 0) is 35.4 Å². The summed E-state index contributed by atoms with van der Waals surface area (Å²) in [6.45, 7) is 0. The number of nitrogens with zero attached hydrogens (tertiary/aromatic N) is 1. The lowest BCUT2D eigenvalue weighted by Crippen LogP contribution is -2.00. The zero-order valence-electron chi connectivity index (χ0n) is 10.3. The number of aromatic carboxylic acids is 1. The van der Waals surface area contributed by atoms with Gasteiger partial charge in [0.15, 0.2) is 0 Å². The van der Waals surface area contributed by atoms with Crippen LogP contribution < -0.4 is 4.74 Å². The molecule has 0 atom stereocenters. The number of nitriles is 1. The molecule has 0 spiro atoms. The Morgan fingerprint density at radius 1 is 1.16 bits per heavy atom. The second kappa shape index (κ2) is 5.23. The normalized spacial score (nSPS) is 9.68. The van der Waals surface area contributed by atoms with Gasteiger partial charge in [-0.15, -0.1) is 0 Å². The van der Waals surface area contributed by atoms with E-state index in [0.29, 0.717) is 11.3 Å². The first-order valence-electron chi connectivity index (χ1n) is 5.57. The van der Waals surface area contributed by atoms with E-state index in [1.165, 1.54) is 7.11 Å². The standard InChI is InChI=1S/C15H11NO3/c1-19-14-7-6-12(8-13(14)15(17)18)11-4-2-10(9-16)3-5-11/h2-8H,1H3,(H,17,18). The summed E-state index contributed by atoms with van der Waals surface area (Å²) in [5.74, 6) is -0.711. The molecule has 1 N–H and O–H groups in total. The highest BCUT2D eigenvalue weighted by Crippen LogP contribution is 2.26. The molecule has 0 aliphatic carbocycles. The second-order valence-corrected chi connectivity index (χ2v) is 3.91. The van der Waals surface area contributed by atoms with Crippen molar-refractivity contribution in [3.05, 3.63) is 53.6 Å². The van der Waals surface area contributed by atoms with Crippen LogP contribution in [0.5, 0.6) is 5.75 Å². The third-order valence-corrected chi connectivity index (χ3v) is 2.78. The van der Waals surface area contributed by atoms with E-state index in [9.17, 15) is 4.79 Å². The van der Waals surface area contributed by atoms with E-state index in [-0.39, 0.29) is 5.56 Å². The minimum absolute atomic E-state index is 0.115. The second-order valence-electron chi connectivity index (χ2n) is 3.91. The van der Waals surface area contributed by atoms with Crippen LogP contribution in [0.15, 0.2) is 42.5 Å². The van der Waals surface area contributed by atoms with Gasteiger partial charge >= 0.3 is 5.97 Å². The third kappa shape index (κ3) is 2.55. The first kappa shape index (κ1) is 12.7. The summed E-state index contributed by atoms with van der Waals surface area (Å²) in [4.78, 5) is 11.1. The Labute approximate surface area is 110 Å². The first-order chi connectivity index (χ1) is 9.15. The summed E-state index contributed by atoms with van der Waals surface area (Å²) in [6.07, 6.45) is 0. The van der Waals surface area contributed by atoms with Crippen molar-refractivity contribution in [3.8, 4) is 22.9 Å². The highest BCUT2D eigenvalue weighted by Gasteiger charge is 2.12. The monoisotopic (exact) mass is 253 g/mol. The molecule has 4 heteroatoms. The molecule has 2 rings (SSSR count). The van der Waals surface area contributed by atoms with E-state index in [1.54, 1.807) is 42.5 Å². The number of carboxylic acids is 1. The van der Waals surface area contributed by atoms with Gasteiger partial charge in [-0.1, -0.05) is 18.2 Å². The van der Waals surface area contributed by atoms with Crippen LogP contribution in [0.25, 0.3) is 11.1 Å². The smallest absolute Gasteiger partial charge is 0.339 e. The van der Waals surface area contributed by atoms with E-state index in [1.807, 2.05) is 6.07 Å². The molecule has 19 heavy (non-hydrogen) atoms. The van der Waals surface area contributed by atoms with Crippen LogP contribution in [0.3, 0.4) is 0 Å². The van der Waals surface area contributed by atoms with Crippen molar-refractivity contribution in [3.63, 3.8) is 0 Å². The number of benzene rings is 2. The summed E-state index contributed by atoms with van der Waals surface area (Å²) >= 11 is 0. The molecular formula is C15H11NO3. The Morgan fingerprint density at radius 2 is 1.79 bits per heavy atom. The van der Waals surface area contributed by atoms with E-state index in [4.69, 9.17) is 15.1 Å². The Hall–Kier alpha value is -2.80. The third-order valence-electron chi connectivity index (χ3n) is 2.78. The fourth-order valence-electron chi connectivity index (χ4n) is 1.79. The number of carboxylic acid groups (broad SMARTS) is 1. The summed E-state index contributed by atoms with van der Waals surface area (Å²) in [5, 5.41) is 17.9. The SMILES string of the molecule is COc1ccc(-c2ccc(C#N)cc2)cc1C(=O)O. The van der Waals surface area contributed by atoms with E-state index in [2.05, 4.69) is 0 Å². The van der Waals surface area contributed by atoms with Crippen molar-refractivity contribution in [2.45, 2.75) is 0 Å². The van der Waals surface area contributed by atoms with Crippen molar-refractivity contribution in [1.82, 2.24) is 0 Å². The Bertz CT molecular complexity index is 654. The molecule has 0 aromatic heterocycles. The van der Waals surface area contributed by atoms with Crippen LogP contribution in [0.1, 0.15) is 15.9 Å². The molecular weight excluding hydrogens is 242 g/mol. The average Bonchev–Trinajstić information content (AvgIpc) is 2.46. The van der Waals surface area contributed by atoms with Gasteiger partial charge in [0.05, 0.1) is 18.7 Å². The van der Waals surface area contributed by atoms with Gasteiger partial charge in [0, 0.05) is 0 Å². The lowest BCUT2D eigenvalue weighted by atomic mass is 10.0. The molecule has 4 nitrogen and oxygen atoms in total. The predicted molar refractivity (Wildman–Crippen MR) is 70.1 cm³/mol. The maximum atomic E-state index is 11.1. The van der Waals surface area contributed by atoms with Gasteiger partial charge in [-0.25, -0.2) is 4.79 Å². The molecule has 0 bridgehead atoms. The molecule has 0 saturated carbocycles. The molecule has 0 aliphatic rings.